The zero-order valence-electron chi connectivity index (χ0n) is 11.0. The summed E-state index contributed by atoms with van der Waals surface area (Å²) in [7, 11) is 0. The topological polar surface area (TPSA) is 34.9 Å². The molecule has 0 fully saturated rings. The van der Waals surface area contributed by atoms with Crippen LogP contribution in [0.5, 0.6) is 0 Å². The fourth-order valence-corrected chi connectivity index (χ4v) is 2.59. The van der Waals surface area contributed by atoms with E-state index in [4.69, 9.17) is 11.6 Å². The molecule has 0 radical (unpaired) electrons. The van der Waals surface area contributed by atoms with E-state index in [0.29, 0.717) is 17.4 Å². The zero-order chi connectivity index (χ0) is 14.1. The van der Waals surface area contributed by atoms with Gasteiger partial charge in [0.25, 0.3) is 0 Å². The van der Waals surface area contributed by atoms with Crippen molar-refractivity contribution in [3.63, 3.8) is 0 Å². The molecule has 0 aliphatic carbocycles. The number of carbonyl (C=O) groups is 1. The van der Waals surface area contributed by atoms with E-state index in [-0.39, 0.29) is 5.78 Å². The van der Waals surface area contributed by atoms with Crippen LogP contribution in [0.2, 0.25) is 5.15 Å². The fourth-order valence-electron chi connectivity index (χ4n) is 2.38. The molecule has 3 nitrogen and oxygen atoms in total. The molecular weight excluding hydrogens is 272 g/mol. The molecule has 3 rings (SSSR count). The second-order valence-corrected chi connectivity index (χ2v) is 5.05. The van der Waals surface area contributed by atoms with Gasteiger partial charge in [-0.1, -0.05) is 41.9 Å². The van der Waals surface area contributed by atoms with Crippen molar-refractivity contribution in [2.75, 3.05) is 0 Å². The number of hydrogen-bond donors (Lipinski definition) is 0. The van der Waals surface area contributed by atoms with Crippen LogP contribution in [0.4, 0.5) is 0 Å². The molecule has 1 aromatic carbocycles. The van der Waals surface area contributed by atoms with Gasteiger partial charge in [0.05, 0.1) is 11.2 Å². The molecule has 0 saturated heterocycles. The molecule has 2 heterocycles. The lowest BCUT2D eigenvalue weighted by Crippen LogP contribution is -2.07. The third kappa shape index (κ3) is 2.21. The van der Waals surface area contributed by atoms with Crippen molar-refractivity contribution in [3.8, 4) is 0 Å². The molecule has 0 saturated carbocycles. The number of fused-ring (bicyclic) bond motifs is 1. The van der Waals surface area contributed by atoms with Gasteiger partial charge in [-0.25, -0.2) is 4.98 Å². The Morgan fingerprint density at radius 2 is 2.00 bits per heavy atom. The first kappa shape index (κ1) is 12.9. The molecule has 0 aliphatic heterocycles. The molecule has 100 valence electrons. The largest absolute Gasteiger partial charge is 0.333 e. The van der Waals surface area contributed by atoms with E-state index in [2.05, 4.69) is 4.98 Å². The summed E-state index contributed by atoms with van der Waals surface area (Å²) in [6, 6.07) is 13.7. The number of carbonyl (C=O) groups excluding carboxylic acids is 1. The first-order valence-electron chi connectivity index (χ1n) is 6.35. The maximum Gasteiger partial charge on any atom is 0.176 e. The Balaban J connectivity index is 2.19. The van der Waals surface area contributed by atoms with Crippen LogP contribution in [0.1, 0.15) is 23.0 Å². The highest BCUT2D eigenvalue weighted by Gasteiger charge is 2.14. The van der Waals surface area contributed by atoms with Crippen molar-refractivity contribution in [1.82, 2.24) is 9.55 Å². The average molecular weight is 285 g/mol. The summed E-state index contributed by atoms with van der Waals surface area (Å²) in [4.78, 5) is 15.9. The summed E-state index contributed by atoms with van der Waals surface area (Å²) in [6.45, 7) is 2.20. The van der Waals surface area contributed by atoms with E-state index < -0.39 is 0 Å². The predicted molar refractivity (Wildman–Crippen MR) is 80.3 cm³/mol. The number of ketones is 1. The number of rotatable bonds is 3. The van der Waals surface area contributed by atoms with Gasteiger partial charge in [-0.2, -0.15) is 0 Å². The van der Waals surface area contributed by atoms with Crippen LogP contribution in [-0.2, 0) is 6.54 Å². The van der Waals surface area contributed by atoms with Gasteiger partial charge in [-0.05, 0) is 17.7 Å². The number of hydrogen-bond acceptors (Lipinski definition) is 2. The van der Waals surface area contributed by atoms with Crippen LogP contribution in [-0.4, -0.2) is 15.3 Å². The summed E-state index contributed by atoms with van der Waals surface area (Å²) in [6.07, 6.45) is 1.66. The monoisotopic (exact) mass is 284 g/mol. The van der Waals surface area contributed by atoms with Crippen LogP contribution in [0.3, 0.4) is 0 Å². The first-order chi connectivity index (χ1) is 9.66. The van der Waals surface area contributed by atoms with Crippen LogP contribution in [0.15, 0.2) is 48.7 Å². The molecule has 0 atom stereocenters. The molecular formula is C16H13ClN2O. The minimum Gasteiger partial charge on any atom is -0.333 e. The maximum atomic E-state index is 11.9. The van der Waals surface area contributed by atoms with Crippen LogP contribution in [0, 0.1) is 0 Å². The summed E-state index contributed by atoms with van der Waals surface area (Å²) in [5, 5.41) is 1.24. The second-order valence-electron chi connectivity index (χ2n) is 4.69. The minimum atomic E-state index is 0.0215. The lowest BCUT2D eigenvalue weighted by Gasteiger charge is -2.09. The van der Waals surface area contributed by atoms with Gasteiger partial charge in [0, 0.05) is 25.1 Å². The van der Waals surface area contributed by atoms with E-state index in [1.54, 1.807) is 13.1 Å². The molecule has 2 aromatic heterocycles. The Morgan fingerprint density at radius 3 is 2.70 bits per heavy atom. The van der Waals surface area contributed by atoms with Crippen molar-refractivity contribution in [3.05, 3.63) is 65.1 Å². The quantitative estimate of drug-likeness (QED) is 0.539. The third-order valence-electron chi connectivity index (χ3n) is 3.33. The van der Waals surface area contributed by atoms with Crippen molar-refractivity contribution < 1.29 is 4.79 Å². The molecule has 0 aliphatic rings. The average Bonchev–Trinajstić information content (AvgIpc) is 2.81. The predicted octanol–water partition coefficient (Wildman–Crippen LogP) is 3.94. The van der Waals surface area contributed by atoms with Crippen molar-refractivity contribution >= 4 is 28.3 Å². The lowest BCUT2D eigenvalue weighted by molar-refractivity contribution is 0.101. The number of aromatic nitrogens is 2. The molecule has 3 aromatic rings. The molecule has 0 amide bonds. The molecule has 20 heavy (non-hydrogen) atoms. The highest BCUT2D eigenvalue weighted by molar-refractivity contribution is 6.34. The van der Waals surface area contributed by atoms with Gasteiger partial charge >= 0.3 is 0 Å². The first-order valence-corrected chi connectivity index (χ1v) is 6.73. The van der Waals surface area contributed by atoms with Gasteiger partial charge in [0.15, 0.2) is 5.78 Å². The Morgan fingerprint density at radius 1 is 1.25 bits per heavy atom. The normalized spacial score (nSPS) is 10.9. The fraction of sp³-hybridized carbons (Fsp3) is 0.125. The Hall–Kier alpha value is -2.13. The van der Waals surface area contributed by atoms with Crippen LogP contribution < -0.4 is 0 Å². The SMILES string of the molecule is CC(=O)c1cc2c(Cl)nccc2n1Cc1ccccc1. The van der Waals surface area contributed by atoms with Crippen molar-refractivity contribution in [1.29, 1.82) is 0 Å². The number of Topliss-reactive ketones (excluding diaryl/α,β-unsaturated/α-hetero) is 1. The number of benzene rings is 1. The summed E-state index contributed by atoms with van der Waals surface area (Å²) < 4.78 is 1.99. The molecule has 0 unspecified atom stereocenters. The molecule has 0 bridgehead atoms. The summed E-state index contributed by atoms with van der Waals surface area (Å²) >= 11 is 6.11. The van der Waals surface area contributed by atoms with E-state index in [0.717, 1.165) is 16.5 Å². The van der Waals surface area contributed by atoms with E-state index >= 15 is 0 Å². The van der Waals surface area contributed by atoms with Crippen molar-refractivity contribution in [2.24, 2.45) is 0 Å². The Labute approximate surface area is 121 Å². The van der Waals surface area contributed by atoms with Gasteiger partial charge in [0.1, 0.15) is 5.15 Å². The Kier molecular flexibility index (Phi) is 3.28. The van der Waals surface area contributed by atoms with E-state index in [1.165, 1.54) is 0 Å². The smallest absolute Gasteiger partial charge is 0.176 e. The summed E-state index contributed by atoms with van der Waals surface area (Å²) in [5.41, 5.74) is 2.72. The van der Waals surface area contributed by atoms with Crippen molar-refractivity contribution in [2.45, 2.75) is 13.5 Å². The Bertz CT molecular complexity index is 778. The second kappa shape index (κ2) is 5.10. The van der Waals surface area contributed by atoms with Crippen LogP contribution >= 0.6 is 11.6 Å². The zero-order valence-corrected chi connectivity index (χ0v) is 11.8. The maximum absolute atomic E-state index is 11.9. The van der Waals surface area contributed by atoms with Gasteiger partial charge in [-0.3, -0.25) is 4.79 Å². The van der Waals surface area contributed by atoms with Gasteiger partial charge in [0.2, 0.25) is 0 Å². The number of pyridine rings is 1. The summed E-state index contributed by atoms with van der Waals surface area (Å²) in [5.74, 6) is 0.0215. The van der Waals surface area contributed by atoms with Gasteiger partial charge < -0.3 is 4.57 Å². The molecule has 0 N–H and O–H groups in total. The highest BCUT2D eigenvalue weighted by atomic mass is 35.5. The lowest BCUT2D eigenvalue weighted by atomic mass is 10.2. The molecule has 0 spiro atoms. The third-order valence-corrected chi connectivity index (χ3v) is 3.63. The van der Waals surface area contributed by atoms with Gasteiger partial charge in [-0.15, -0.1) is 0 Å². The standard InChI is InChI=1S/C16H13ClN2O/c1-11(20)15-9-13-14(7-8-18-16(13)17)19(15)10-12-5-3-2-4-6-12/h2-9H,10H2,1H3. The molecule has 4 heteroatoms. The highest BCUT2D eigenvalue weighted by Crippen LogP contribution is 2.26. The minimum absolute atomic E-state index is 0.0215. The van der Waals surface area contributed by atoms with E-state index in [9.17, 15) is 4.79 Å². The number of nitrogens with zero attached hydrogens (tertiary/aromatic N) is 2. The number of halogens is 1. The van der Waals surface area contributed by atoms with E-state index in [1.807, 2.05) is 47.0 Å². The van der Waals surface area contributed by atoms with Crippen LogP contribution in [0.25, 0.3) is 10.9 Å².